The van der Waals surface area contributed by atoms with Gasteiger partial charge in [0.1, 0.15) is 0 Å². The predicted octanol–water partition coefficient (Wildman–Crippen LogP) is 4.00. The van der Waals surface area contributed by atoms with Gasteiger partial charge in [0, 0.05) is 13.7 Å². The second-order valence-electron chi connectivity index (χ2n) is 7.20. The van der Waals surface area contributed by atoms with Crippen LogP contribution in [0, 0.1) is 11.3 Å². The van der Waals surface area contributed by atoms with Gasteiger partial charge in [0.15, 0.2) is 0 Å². The lowest BCUT2D eigenvalue weighted by Gasteiger charge is -2.32. The first-order valence-electron chi connectivity index (χ1n) is 7.65. The van der Waals surface area contributed by atoms with Crippen LogP contribution in [0.25, 0.3) is 0 Å². The Morgan fingerprint density at radius 2 is 1.83 bits per heavy atom. The number of rotatable bonds is 8. The molecule has 1 aliphatic carbocycles. The van der Waals surface area contributed by atoms with Crippen molar-refractivity contribution in [3.63, 3.8) is 0 Å². The Balaban J connectivity index is 2.30. The van der Waals surface area contributed by atoms with Gasteiger partial charge in [-0.15, -0.1) is 0 Å². The number of hydrogen-bond donors (Lipinski definition) is 1. The van der Waals surface area contributed by atoms with Crippen LogP contribution in [-0.4, -0.2) is 25.8 Å². The second kappa shape index (κ2) is 6.91. The summed E-state index contributed by atoms with van der Waals surface area (Å²) in [6.45, 7) is 11.3. The molecule has 0 unspecified atom stereocenters. The molecule has 0 heterocycles. The van der Waals surface area contributed by atoms with Gasteiger partial charge in [-0.25, -0.2) is 0 Å². The zero-order chi connectivity index (χ0) is 13.6. The fraction of sp³-hybridized carbons (Fsp3) is 1.00. The van der Waals surface area contributed by atoms with Crippen LogP contribution in [0.2, 0.25) is 0 Å². The van der Waals surface area contributed by atoms with E-state index >= 15 is 0 Å². The van der Waals surface area contributed by atoms with Gasteiger partial charge in [-0.2, -0.15) is 0 Å². The lowest BCUT2D eigenvalue weighted by molar-refractivity contribution is 0.0152. The first kappa shape index (κ1) is 16.0. The molecule has 2 heteroatoms. The van der Waals surface area contributed by atoms with E-state index in [2.05, 4.69) is 33.0 Å². The van der Waals surface area contributed by atoms with Crippen LogP contribution in [0.5, 0.6) is 0 Å². The molecule has 2 nitrogen and oxygen atoms in total. The van der Waals surface area contributed by atoms with E-state index in [-0.39, 0.29) is 5.60 Å². The Labute approximate surface area is 114 Å². The Bertz CT molecular complexity index is 229. The third-order valence-corrected chi connectivity index (χ3v) is 4.46. The maximum atomic E-state index is 5.46. The molecule has 1 rings (SSSR count). The molecule has 0 spiro atoms. The normalized spacial score (nSPS) is 19.7. The minimum atomic E-state index is 0.00782. The van der Waals surface area contributed by atoms with Crippen molar-refractivity contribution in [1.82, 2.24) is 5.32 Å². The van der Waals surface area contributed by atoms with Crippen LogP contribution < -0.4 is 5.32 Å². The highest BCUT2D eigenvalue weighted by Gasteiger charge is 2.33. The van der Waals surface area contributed by atoms with Crippen LogP contribution in [0.15, 0.2) is 0 Å². The Morgan fingerprint density at radius 3 is 2.33 bits per heavy atom. The highest BCUT2D eigenvalue weighted by Crippen LogP contribution is 2.42. The molecule has 0 aliphatic heterocycles. The molecule has 1 fully saturated rings. The van der Waals surface area contributed by atoms with E-state index in [0.717, 1.165) is 18.9 Å². The lowest BCUT2D eigenvalue weighted by Crippen LogP contribution is -2.36. The van der Waals surface area contributed by atoms with E-state index in [9.17, 15) is 0 Å². The smallest absolute Gasteiger partial charge is 0.0634 e. The molecule has 0 bridgehead atoms. The van der Waals surface area contributed by atoms with Crippen LogP contribution in [0.3, 0.4) is 0 Å². The molecule has 0 saturated heterocycles. The molecule has 1 N–H and O–H groups in total. The maximum absolute atomic E-state index is 5.46. The summed E-state index contributed by atoms with van der Waals surface area (Å²) in [5.41, 5.74) is 0.596. The molecule has 108 valence electrons. The first-order chi connectivity index (χ1) is 8.39. The number of nitrogens with one attached hydrogen (secondary N) is 1. The van der Waals surface area contributed by atoms with Crippen molar-refractivity contribution < 1.29 is 4.74 Å². The summed E-state index contributed by atoms with van der Waals surface area (Å²) in [5, 5.41) is 3.68. The highest BCUT2D eigenvalue weighted by molar-refractivity contribution is 4.87. The molecule has 0 amide bonds. The Hall–Kier alpha value is -0.0800. The van der Waals surface area contributed by atoms with Gasteiger partial charge in [0.2, 0.25) is 0 Å². The average molecular weight is 255 g/mol. The van der Waals surface area contributed by atoms with Crippen LogP contribution in [0.4, 0.5) is 0 Å². The number of ether oxygens (including phenoxy) is 1. The molecule has 18 heavy (non-hydrogen) atoms. The molecule has 0 aromatic heterocycles. The van der Waals surface area contributed by atoms with E-state index in [1.165, 1.54) is 38.6 Å². The van der Waals surface area contributed by atoms with Gasteiger partial charge < -0.3 is 10.1 Å². The summed E-state index contributed by atoms with van der Waals surface area (Å²) in [7, 11) is 1.80. The Kier molecular flexibility index (Phi) is 6.13. The molecule has 0 aromatic carbocycles. The minimum absolute atomic E-state index is 0.00782. The fourth-order valence-electron chi connectivity index (χ4n) is 3.29. The SMILES string of the molecule is COC(C)(C)CCNCC1(CC(C)C)CCCC1. The lowest BCUT2D eigenvalue weighted by atomic mass is 9.78. The predicted molar refractivity (Wildman–Crippen MR) is 78.9 cm³/mol. The van der Waals surface area contributed by atoms with Gasteiger partial charge in [-0.1, -0.05) is 26.7 Å². The number of methoxy groups -OCH3 is 1. The highest BCUT2D eigenvalue weighted by atomic mass is 16.5. The minimum Gasteiger partial charge on any atom is -0.379 e. The molecule has 1 aliphatic rings. The van der Waals surface area contributed by atoms with Crippen molar-refractivity contribution in [3.05, 3.63) is 0 Å². The van der Waals surface area contributed by atoms with Crippen molar-refractivity contribution in [1.29, 1.82) is 0 Å². The molecule has 0 radical (unpaired) electrons. The van der Waals surface area contributed by atoms with E-state index in [4.69, 9.17) is 4.74 Å². The zero-order valence-corrected chi connectivity index (χ0v) is 13.1. The van der Waals surface area contributed by atoms with Crippen molar-refractivity contribution in [2.75, 3.05) is 20.2 Å². The van der Waals surface area contributed by atoms with Gasteiger partial charge >= 0.3 is 0 Å². The van der Waals surface area contributed by atoms with Crippen molar-refractivity contribution in [2.45, 2.75) is 71.8 Å². The standard InChI is InChI=1S/C16H33NO/c1-14(2)12-16(8-6-7-9-16)13-17-11-10-15(3,4)18-5/h14,17H,6-13H2,1-5H3. The van der Waals surface area contributed by atoms with E-state index in [1.807, 2.05) is 0 Å². The maximum Gasteiger partial charge on any atom is 0.0634 e. The van der Waals surface area contributed by atoms with Crippen LogP contribution in [0.1, 0.15) is 66.2 Å². The Morgan fingerprint density at radius 1 is 1.22 bits per heavy atom. The molecule has 1 saturated carbocycles. The summed E-state index contributed by atoms with van der Waals surface area (Å²) in [6, 6.07) is 0. The number of hydrogen-bond acceptors (Lipinski definition) is 2. The summed E-state index contributed by atoms with van der Waals surface area (Å²) in [5.74, 6) is 0.820. The van der Waals surface area contributed by atoms with E-state index in [1.54, 1.807) is 7.11 Å². The third-order valence-electron chi connectivity index (χ3n) is 4.46. The topological polar surface area (TPSA) is 21.3 Å². The van der Waals surface area contributed by atoms with E-state index < -0.39 is 0 Å². The van der Waals surface area contributed by atoms with Crippen molar-refractivity contribution in [3.8, 4) is 0 Å². The molecular weight excluding hydrogens is 222 g/mol. The largest absolute Gasteiger partial charge is 0.379 e. The van der Waals surface area contributed by atoms with E-state index in [0.29, 0.717) is 5.41 Å². The summed E-state index contributed by atoms with van der Waals surface area (Å²) in [4.78, 5) is 0. The third kappa shape index (κ3) is 5.27. The second-order valence-corrected chi connectivity index (χ2v) is 7.20. The van der Waals surface area contributed by atoms with Gasteiger partial charge in [-0.05, 0) is 57.4 Å². The molecule has 0 aromatic rings. The molecular formula is C16H33NO. The average Bonchev–Trinajstić information content (AvgIpc) is 2.73. The summed E-state index contributed by atoms with van der Waals surface area (Å²) < 4.78 is 5.46. The summed E-state index contributed by atoms with van der Waals surface area (Å²) >= 11 is 0. The van der Waals surface area contributed by atoms with Crippen molar-refractivity contribution >= 4 is 0 Å². The summed E-state index contributed by atoms with van der Waals surface area (Å²) in [6.07, 6.45) is 8.17. The molecule has 0 atom stereocenters. The van der Waals surface area contributed by atoms with Gasteiger partial charge in [0.05, 0.1) is 5.60 Å². The fourth-order valence-corrected chi connectivity index (χ4v) is 3.29. The zero-order valence-electron chi connectivity index (χ0n) is 13.1. The van der Waals surface area contributed by atoms with Crippen LogP contribution in [-0.2, 0) is 4.74 Å². The first-order valence-corrected chi connectivity index (χ1v) is 7.65. The quantitative estimate of drug-likeness (QED) is 0.662. The monoisotopic (exact) mass is 255 g/mol. The van der Waals surface area contributed by atoms with Crippen molar-refractivity contribution in [2.24, 2.45) is 11.3 Å². The van der Waals surface area contributed by atoms with Gasteiger partial charge in [-0.3, -0.25) is 0 Å². The van der Waals surface area contributed by atoms with Crippen LogP contribution >= 0.6 is 0 Å². The van der Waals surface area contributed by atoms with Gasteiger partial charge in [0.25, 0.3) is 0 Å².